The molecule has 0 atom stereocenters. The van der Waals surface area contributed by atoms with E-state index in [1.807, 2.05) is 6.07 Å². The average Bonchev–Trinajstić information content (AvgIpc) is 2.81. The molecule has 1 aromatic rings. The molecular weight excluding hydrogens is 218 g/mol. The maximum absolute atomic E-state index is 10.7. The summed E-state index contributed by atoms with van der Waals surface area (Å²) in [5.41, 5.74) is 6.96. The second-order valence-corrected chi connectivity index (χ2v) is 4.15. The van der Waals surface area contributed by atoms with E-state index in [4.69, 9.17) is 16.2 Å². The van der Waals surface area contributed by atoms with Crippen LogP contribution >= 0.6 is 0 Å². The third-order valence-corrected chi connectivity index (χ3v) is 2.99. The van der Waals surface area contributed by atoms with Gasteiger partial charge in [-0.3, -0.25) is 5.41 Å². The van der Waals surface area contributed by atoms with Crippen LogP contribution in [-0.2, 0) is 4.79 Å². The van der Waals surface area contributed by atoms with Gasteiger partial charge in [-0.1, -0.05) is 0 Å². The summed E-state index contributed by atoms with van der Waals surface area (Å²) in [4.78, 5) is 12.9. The minimum atomic E-state index is -1.26. The largest absolute Gasteiger partial charge is 0.477 e. The van der Waals surface area contributed by atoms with Crippen molar-refractivity contribution in [2.75, 3.05) is 23.7 Å². The van der Waals surface area contributed by atoms with E-state index < -0.39 is 11.7 Å². The Morgan fingerprint density at radius 2 is 2.00 bits per heavy atom. The molecule has 0 unspecified atom stereocenters. The highest BCUT2D eigenvalue weighted by Gasteiger charge is 2.16. The molecule has 1 aromatic carbocycles. The molecule has 5 heteroatoms. The molecule has 1 heterocycles. The number of nitrogens with zero attached hydrogens (tertiary/aromatic N) is 1. The molecule has 0 aliphatic carbocycles. The predicted molar refractivity (Wildman–Crippen MR) is 66.8 cm³/mol. The number of rotatable bonds is 3. The molecule has 0 aromatic heterocycles. The van der Waals surface area contributed by atoms with Gasteiger partial charge in [0.15, 0.2) is 0 Å². The van der Waals surface area contributed by atoms with Crippen LogP contribution in [0.2, 0.25) is 0 Å². The number of nitrogens with two attached hydrogens (primary N) is 1. The summed E-state index contributed by atoms with van der Waals surface area (Å²) in [7, 11) is 0. The van der Waals surface area contributed by atoms with E-state index in [2.05, 4.69) is 4.90 Å². The highest BCUT2D eigenvalue weighted by atomic mass is 16.4. The zero-order valence-electron chi connectivity index (χ0n) is 9.44. The number of carbonyl (C=O) groups is 1. The zero-order chi connectivity index (χ0) is 12.4. The zero-order valence-corrected chi connectivity index (χ0v) is 9.44. The third-order valence-electron chi connectivity index (χ3n) is 2.99. The van der Waals surface area contributed by atoms with Gasteiger partial charge in [0.05, 0.1) is 0 Å². The van der Waals surface area contributed by atoms with Crippen molar-refractivity contribution in [2.24, 2.45) is 0 Å². The molecule has 5 nitrogen and oxygen atoms in total. The molecule has 1 saturated heterocycles. The van der Waals surface area contributed by atoms with Crippen LogP contribution < -0.4 is 10.6 Å². The highest BCUT2D eigenvalue weighted by molar-refractivity contribution is 6.42. The minimum Gasteiger partial charge on any atom is -0.477 e. The number of carboxylic acids is 1. The summed E-state index contributed by atoms with van der Waals surface area (Å²) in [6, 6.07) is 5.19. The van der Waals surface area contributed by atoms with Crippen molar-refractivity contribution in [2.45, 2.75) is 12.8 Å². The summed E-state index contributed by atoms with van der Waals surface area (Å²) in [5.74, 6) is -1.26. The lowest BCUT2D eigenvalue weighted by atomic mass is 10.1. The van der Waals surface area contributed by atoms with E-state index in [1.54, 1.807) is 12.1 Å². The number of benzene rings is 1. The topological polar surface area (TPSA) is 90.4 Å². The first-order valence-electron chi connectivity index (χ1n) is 5.56. The highest BCUT2D eigenvalue weighted by Crippen LogP contribution is 2.24. The molecule has 0 amide bonds. The SMILES string of the molecule is N=C(C(=O)O)c1ccc(N2CCCC2)cc1N. The maximum atomic E-state index is 10.7. The Kier molecular flexibility index (Phi) is 2.99. The molecular formula is C12H15N3O2. The monoisotopic (exact) mass is 233 g/mol. The van der Waals surface area contributed by atoms with Gasteiger partial charge in [0, 0.05) is 30.0 Å². The quantitative estimate of drug-likeness (QED) is 0.542. The molecule has 2 rings (SSSR count). The lowest BCUT2D eigenvalue weighted by Gasteiger charge is -2.18. The third kappa shape index (κ3) is 2.22. The molecule has 90 valence electrons. The normalized spacial score (nSPS) is 14.9. The molecule has 0 radical (unpaired) electrons. The second-order valence-electron chi connectivity index (χ2n) is 4.15. The lowest BCUT2D eigenvalue weighted by molar-refractivity contribution is -0.129. The van der Waals surface area contributed by atoms with Gasteiger partial charge in [-0.15, -0.1) is 0 Å². The Morgan fingerprint density at radius 1 is 1.35 bits per heavy atom. The van der Waals surface area contributed by atoms with Gasteiger partial charge in [0.1, 0.15) is 5.71 Å². The predicted octanol–water partition coefficient (Wildman–Crippen LogP) is 1.32. The van der Waals surface area contributed by atoms with Crippen molar-refractivity contribution in [3.8, 4) is 0 Å². The van der Waals surface area contributed by atoms with Crippen LogP contribution in [0.5, 0.6) is 0 Å². The second kappa shape index (κ2) is 4.45. The molecule has 0 bridgehead atoms. The van der Waals surface area contributed by atoms with E-state index in [0.717, 1.165) is 18.8 Å². The summed E-state index contributed by atoms with van der Waals surface area (Å²) >= 11 is 0. The first kappa shape index (κ1) is 11.4. The van der Waals surface area contributed by atoms with Gasteiger partial charge in [-0.25, -0.2) is 4.79 Å². The van der Waals surface area contributed by atoms with Crippen LogP contribution in [0.4, 0.5) is 11.4 Å². The van der Waals surface area contributed by atoms with Crippen molar-refractivity contribution in [3.05, 3.63) is 23.8 Å². The first-order valence-corrected chi connectivity index (χ1v) is 5.56. The van der Waals surface area contributed by atoms with Crippen molar-refractivity contribution in [3.63, 3.8) is 0 Å². The average molecular weight is 233 g/mol. The van der Waals surface area contributed by atoms with Gasteiger partial charge < -0.3 is 15.7 Å². The van der Waals surface area contributed by atoms with Gasteiger partial charge in [-0.05, 0) is 31.0 Å². The van der Waals surface area contributed by atoms with Gasteiger partial charge in [-0.2, -0.15) is 0 Å². The fraction of sp³-hybridized carbons (Fsp3) is 0.333. The van der Waals surface area contributed by atoms with E-state index in [0.29, 0.717) is 5.69 Å². The van der Waals surface area contributed by atoms with E-state index >= 15 is 0 Å². The molecule has 0 saturated carbocycles. The van der Waals surface area contributed by atoms with E-state index in [1.165, 1.54) is 12.8 Å². The summed E-state index contributed by atoms with van der Waals surface area (Å²) in [6.07, 6.45) is 2.35. The summed E-state index contributed by atoms with van der Waals surface area (Å²) < 4.78 is 0. The van der Waals surface area contributed by atoms with Crippen LogP contribution in [0.1, 0.15) is 18.4 Å². The number of aliphatic carboxylic acids is 1. The number of nitrogen functional groups attached to an aromatic ring is 1. The van der Waals surface area contributed by atoms with Crippen molar-refractivity contribution in [1.29, 1.82) is 5.41 Å². The van der Waals surface area contributed by atoms with Crippen molar-refractivity contribution < 1.29 is 9.90 Å². The molecule has 1 aliphatic rings. The number of anilines is 2. The van der Waals surface area contributed by atoms with Crippen LogP contribution in [0.15, 0.2) is 18.2 Å². The molecule has 17 heavy (non-hydrogen) atoms. The van der Waals surface area contributed by atoms with E-state index in [9.17, 15) is 4.79 Å². The molecule has 1 fully saturated rings. The Labute approximate surface area is 99.4 Å². The smallest absolute Gasteiger partial charge is 0.354 e. The van der Waals surface area contributed by atoms with Gasteiger partial charge in [0.25, 0.3) is 0 Å². The molecule has 0 spiro atoms. The number of hydrogen-bond acceptors (Lipinski definition) is 4. The van der Waals surface area contributed by atoms with E-state index in [-0.39, 0.29) is 5.56 Å². The van der Waals surface area contributed by atoms with Gasteiger partial charge >= 0.3 is 5.97 Å². The summed E-state index contributed by atoms with van der Waals surface area (Å²) in [5, 5.41) is 16.2. The van der Waals surface area contributed by atoms with Crippen LogP contribution in [-0.4, -0.2) is 29.9 Å². The fourth-order valence-electron chi connectivity index (χ4n) is 2.07. The van der Waals surface area contributed by atoms with Crippen LogP contribution in [0, 0.1) is 5.41 Å². The maximum Gasteiger partial charge on any atom is 0.354 e. The molecule has 4 N–H and O–H groups in total. The lowest BCUT2D eigenvalue weighted by Crippen LogP contribution is -2.19. The van der Waals surface area contributed by atoms with Crippen LogP contribution in [0.25, 0.3) is 0 Å². The molecule has 1 aliphatic heterocycles. The number of hydrogen-bond donors (Lipinski definition) is 3. The standard InChI is InChI=1S/C12H15N3O2/c13-10-7-8(15-5-1-2-6-15)3-4-9(10)11(14)12(16)17/h3-4,7,14H,1-2,5-6,13H2,(H,16,17). The Balaban J connectivity index is 2.28. The Hall–Kier alpha value is -2.04. The Bertz CT molecular complexity index is 465. The van der Waals surface area contributed by atoms with Crippen molar-refractivity contribution in [1.82, 2.24) is 0 Å². The van der Waals surface area contributed by atoms with Gasteiger partial charge in [0.2, 0.25) is 0 Å². The Morgan fingerprint density at radius 3 is 2.53 bits per heavy atom. The number of nitrogens with one attached hydrogen (secondary N) is 1. The number of carboxylic acid groups (broad SMARTS) is 1. The first-order chi connectivity index (χ1) is 8.09. The van der Waals surface area contributed by atoms with Crippen LogP contribution in [0.3, 0.4) is 0 Å². The minimum absolute atomic E-state index is 0.278. The summed E-state index contributed by atoms with van der Waals surface area (Å²) in [6.45, 7) is 2.02. The fourth-order valence-corrected chi connectivity index (χ4v) is 2.07. The van der Waals surface area contributed by atoms with Crippen molar-refractivity contribution >= 4 is 23.1 Å².